The molecule has 0 radical (unpaired) electrons. The predicted molar refractivity (Wildman–Crippen MR) is 119 cm³/mol. The van der Waals surface area contributed by atoms with E-state index in [0.717, 1.165) is 6.42 Å². The number of rotatable bonds is 7. The topological polar surface area (TPSA) is 104 Å². The summed E-state index contributed by atoms with van der Waals surface area (Å²) in [7, 11) is -4.19. The van der Waals surface area contributed by atoms with Gasteiger partial charge < -0.3 is 15.1 Å². The van der Waals surface area contributed by atoms with Crippen molar-refractivity contribution < 1.29 is 22.8 Å². The van der Waals surface area contributed by atoms with Gasteiger partial charge in [0.05, 0.1) is 4.90 Å². The third-order valence-corrected chi connectivity index (χ3v) is 7.18. The summed E-state index contributed by atoms with van der Waals surface area (Å²) < 4.78 is 26.6. The van der Waals surface area contributed by atoms with Gasteiger partial charge in [0, 0.05) is 38.2 Å². The highest BCUT2D eigenvalue weighted by molar-refractivity contribution is 7.92. The molecule has 32 heavy (non-hydrogen) atoms. The van der Waals surface area contributed by atoms with Gasteiger partial charge in [0.2, 0.25) is 21.1 Å². The number of benzene rings is 2. The molecule has 3 rings (SSSR count). The monoisotopic (exact) mass is 457 g/mol. The van der Waals surface area contributed by atoms with Crippen molar-refractivity contribution in [3.8, 4) is 0 Å². The van der Waals surface area contributed by atoms with Crippen LogP contribution in [0.1, 0.15) is 30.1 Å². The second kappa shape index (κ2) is 10.4. The third-order valence-electron chi connectivity index (χ3n) is 5.31. The number of hydrogen-bond acceptors (Lipinski definition) is 5. The smallest absolute Gasteiger partial charge is 0.261 e. The summed E-state index contributed by atoms with van der Waals surface area (Å²) in [6.07, 6.45) is 1.17. The van der Waals surface area contributed by atoms with Crippen molar-refractivity contribution in [3.63, 3.8) is 0 Å². The Labute approximate surface area is 188 Å². The molecule has 0 bridgehead atoms. The highest BCUT2D eigenvalue weighted by Crippen LogP contribution is 2.18. The molecule has 1 atom stereocenters. The zero-order valence-corrected chi connectivity index (χ0v) is 18.8. The van der Waals surface area contributed by atoms with Crippen LogP contribution >= 0.6 is 0 Å². The first kappa shape index (κ1) is 23.5. The first-order chi connectivity index (χ1) is 15.3. The van der Waals surface area contributed by atoms with Crippen molar-refractivity contribution in [3.05, 3.63) is 66.2 Å². The van der Waals surface area contributed by atoms with Crippen LogP contribution in [0.4, 0.5) is 0 Å². The average Bonchev–Trinajstić information content (AvgIpc) is 2.83. The zero-order chi connectivity index (χ0) is 23.1. The van der Waals surface area contributed by atoms with E-state index in [4.69, 9.17) is 0 Å². The molecule has 1 N–H and O–H groups in total. The van der Waals surface area contributed by atoms with Crippen molar-refractivity contribution in [2.45, 2.75) is 30.0 Å². The summed E-state index contributed by atoms with van der Waals surface area (Å²) in [6, 6.07) is 15.7. The van der Waals surface area contributed by atoms with Crippen LogP contribution in [-0.2, 0) is 19.4 Å². The van der Waals surface area contributed by atoms with Crippen LogP contribution in [0.5, 0.6) is 0 Å². The quantitative estimate of drug-likeness (QED) is 0.681. The Hall–Kier alpha value is -3.20. The van der Waals surface area contributed by atoms with E-state index in [1.807, 2.05) is 6.92 Å². The Morgan fingerprint density at radius 3 is 1.97 bits per heavy atom. The number of sulfone groups is 1. The van der Waals surface area contributed by atoms with E-state index in [-0.39, 0.29) is 29.5 Å². The molecule has 1 fully saturated rings. The van der Waals surface area contributed by atoms with E-state index >= 15 is 0 Å². The number of amides is 3. The summed E-state index contributed by atoms with van der Waals surface area (Å²) in [5.74, 6) is -1.34. The number of piperazine rings is 1. The first-order valence-electron chi connectivity index (χ1n) is 10.6. The Morgan fingerprint density at radius 2 is 1.41 bits per heavy atom. The maximum absolute atomic E-state index is 13.3. The van der Waals surface area contributed by atoms with E-state index in [1.54, 1.807) is 53.4 Å². The van der Waals surface area contributed by atoms with Crippen LogP contribution < -0.4 is 5.32 Å². The van der Waals surface area contributed by atoms with Gasteiger partial charge in [-0.3, -0.25) is 14.4 Å². The second-order valence-corrected chi connectivity index (χ2v) is 9.57. The van der Waals surface area contributed by atoms with Crippen molar-refractivity contribution in [1.29, 1.82) is 0 Å². The van der Waals surface area contributed by atoms with Crippen LogP contribution in [-0.4, -0.2) is 67.5 Å². The standard InChI is InChI=1S/C23H27N3O5S/c1-2-9-20(27)25-14-16-26(17-15-25)23(29)22(24-21(28)18-10-5-3-6-11-18)32(30,31)19-12-7-4-8-13-19/h3-8,10-13,22H,2,9,14-17H2,1H3,(H,24,28). The summed E-state index contributed by atoms with van der Waals surface area (Å²) in [4.78, 5) is 41.2. The number of carbonyl (C=O) groups is 3. The van der Waals surface area contributed by atoms with Gasteiger partial charge in [0.15, 0.2) is 0 Å². The van der Waals surface area contributed by atoms with Gasteiger partial charge >= 0.3 is 0 Å². The molecule has 0 aromatic heterocycles. The zero-order valence-electron chi connectivity index (χ0n) is 17.9. The molecule has 170 valence electrons. The van der Waals surface area contributed by atoms with E-state index in [2.05, 4.69) is 5.32 Å². The number of hydrogen-bond donors (Lipinski definition) is 1. The van der Waals surface area contributed by atoms with E-state index in [1.165, 1.54) is 17.0 Å². The average molecular weight is 458 g/mol. The number of carbonyl (C=O) groups excluding carboxylic acids is 3. The summed E-state index contributed by atoms with van der Waals surface area (Å²) in [5.41, 5.74) is 0.253. The minimum Gasteiger partial charge on any atom is -0.339 e. The molecule has 1 unspecified atom stereocenters. The highest BCUT2D eigenvalue weighted by atomic mass is 32.2. The fourth-order valence-electron chi connectivity index (χ4n) is 3.52. The summed E-state index contributed by atoms with van der Waals surface area (Å²) >= 11 is 0. The maximum Gasteiger partial charge on any atom is 0.261 e. The molecule has 3 amide bonds. The van der Waals surface area contributed by atoms with Crippen molar-refractivity contribution in [2.75, 3.05) is 26.2 Å². The van der Waals surface area contributed by atoms with Gasteiger partial charge in [-0.05, 0) is 30.7 Å². The third kappa shape index (κ3) is 5.34. The van der Waals surface area contributed by atoms with Crippen molar-refractivity contribution in [2.24, 2.45) is 0 Å². The minimum atomic E-state index is -4.19. The largest absolute Gasteiger partial charge is 0.339 e. The van der Waals surface area contributed by atoms with Gasteiger partial charge in [0.1, 0.15) is 0 Å². The fourth-order valence-corrected chi connectivity index (χ4v) is 5.01. The SMILES string of the molecule is CCCC(=O)N1CCN(C(=O)C(NC(=O)c2ccccc2)S(=O)(=O)c2ccccc2)CC1. The van der Waals surface area contributed by atoms with Gasteiger partial charge in [-0.2, -0.15) is 0 Å². The lowest BCUT2D eigenvalue weighted by Gasteiger charge is -2.36. The Balaban J connectivity index is 1.83. The van der Waals surface area contributed by atoms with E-state index < -0.39 is 27.0 Å². The van der Waals surface area contributed by atoms with Crippen LogP contribution in [0.2, 0.25) is 0 Å². The van der Waals surface area contributed by atoms with Gasteiger partial charge in [-0.15, -0.1) is 0 Å². The predicted octanol–water partition coefficient (Wildman–Crippen LogP) is 1.69. The van der Waals surface area contributed by atoms with Gasteiger partial charge in [-0.1, -0.05) is 43.3 Å². The van der Waals surface area contributed by atoms with E-state index in [0.29, 0.717) is 19.5 Å². The van der Waals surface area contributed by atoms with Gasteiger partial charge in [0.25, 0.3) is 11.8 Å². The molecular weight excluding hydrogens is 430 g/mol. The number of nitrogens with one attached hydrogen (secondary N) is 1. The molecule has 9 heteroatoms. The van der Waals surface area contributed by atoms with Gasteiger partial charge in [-0.25, -0.2) is 8.42 Å². The minimum absolute atomic E-state index is 0.0189. The molecular formula is C23H27N3O5S. The molecule has 1 saturated heterocycles. The summed E-state index contributed by atoms with van der Waals surface area (Å²) in [5, 5.41) is 0.657. The normalized spacial score (nSPS) is 15.2. The van der Waals surface area contributed by atoms with Crippen LogP contribution in [0.3, 0.4) is 0 Å². The lowest BCUT2D eigenvalue weighted by atomic mass is 10.2. The Bertz CT molecular complexity index is 1050. The molecule has 2 aromatic rings. The van der Waals surface area contributed by atoms with Crippen LogP contribution in [0, 0.1) is 0 Å². The summed E-state index contributed by atoms with van der Waals surface area (Å²) in [6.45, 7) is 2.99. The molecule has 1 aliphatic rings. The van der Waals surface area contributed by atoms with Crippen molar-refractivity contribution >= 4 is 27.6 Å². The maximum atomic E-state index is 13.3. The lowest BCUT2D eigenvalue weighted by Crippen LogP contribution is -2.57. The van der Waals surface area contributed by atoms with Crippen LogP contribution in [0.15, 0.2) is 65.6 Å². The Kier molecular flexibility index (Phi) is 7.63. The van der Waals surface area contributed by atoms with Crippen LogP contribution in [0.25, 0.3) is 0 Å². The lowest BCUT2D eigenvalue weighted by molar-refractivity contribution is -0.139. The highest BCUT2D eigenvalue weighted by Gasteiger charge is 2.39. The second-order valence-electron chi connectivity index (χ2n) is 7.53. The first-order valence-corrected chi connectivity index (χ1v) is 12.1. The fraction of sp³-hybridized carbons (Fsp3) is 0.348. The molecule has 0 spiro atoms. The van der Waals surface area contributed by atoms with Crippen molar-refractivity contribution in [1.82, 2.24) is 15.1 Å². The van der Waals surface area contributed by atoms with E-state index in [9.17, 15) is 22.8 Å². The molecule has 1 heterocycles. The molecule has 1 aliphatic heterocycles. The molecule has 0 aliphatic carbocycles. The Morgan fingerprint density at radius 1 is 0.875 bits per heavy atom. The number of nitrogens with zero attached hydrogens (tertiary/aromatic N) is 2. The molecule has 8 nitrogen and oxygen atoms in total. The molecule has 2 aromatic carbocycles. The molecule has 0 saturated carbocycles.